The zero-order chi connectivity index (χ0) is 20.5. The van der Waals surface area contributed by atoms with Crippen LogP contribution in [0.5, 0.6) is 0 Å². The Balaban J connectivity index is 0.000000345. The molecule has 3 aromatic rings. The van der Waals surface area contributed by atoms with Crippen molar-refractivity contribution in [3.05, 3.63) is 64.3 Å². The average Bonchev–Trinajstić information content (AvgIpc) is 3.36. The molecule has 0 aliphatic carbocycles. The molecule has 3 N–H and O–H groups in total. The minimum absolute atomic E-state index is 0.179. The summed E-state index contributed by atoms with van der Waals surface area (Å²) in [6.45, 7) is 2.05. The molecule has 0 unspecified atom stereocenters. The number of benzene rings is 1. The number of nitrogens with two attached hydrogens (primary N) is 1. The van der Waals surface area contributed by atoms with Gasteiger partial charge in [0, 0.05) is 6.20 Å². The lowest BCUT2D eigenvalue weighted by atomic mass is 10.2. The minimum atomic E-state index is -0.641. The number of rotatable bonds is 5. The Bertz CT molecular complexity index is 950. The van der Waals surface area contributed by atoms with Gasteiger partial charge >= 0.3 is 12.0 Å². The van der Waals surface area contributed by atoms with Gasteiger partial charge in [-0.15, -0.1) is 0 Å². The van der Waals surface area contributed by atoms with E-state index in [-0.39, 0.29) is 11.5 Å². The van der Waals surface area contributed by atoms with Crippen molar-refractivity contribution in [3.63, 3.8) is 0 Å². The van der Waals surface area contributed by atoms with Crippen LogP contribution in [0, 0.1) is 10.1 Å². The Morgan fingerprint density at radius 1 is 1.36 bits per heavy atom. The molecule has 0 radical (unpaired) electrons. The first kappa shape index (κ1) is 20.3. The highest BCUT2D eigenvalue weighted by molar-refractivity contribution is 5.84. The number of hydrazine groups is 1. The molecule has 0 aliphatic rings. The third-order valence-corrected chi connectivity index (χ3v) is 3.29. The number of carbonyl (C=O) groups excluding carboxylic acids is 2. The molecule has 0 aliphatic heterocycles. The van der Waals surface area contributed by atoms with E-state index < -0.39 is 16.9 Å². The molecular formula is C17H17N5O6. The predicted molar refractivity (Wildman–Crippen MR) is 97.7 cm³/mol. The van der Waals surface area contributed by atoms with Gasteiger partial charge in [0.15, 0.2) is 12.0 Å². The van der Waals surface area contributed by atoms with E-state index >= 15 is 0 Å². The topological polar surface area (TPSA) is 156 Å². The number of nitrogens with one attached hydrogen (secondary N) is 1. The molecular weight excluding hydrogens is 370 g/mol. The number of hydrogen-bond donors (Lipinski definition) is 2. The van der Waals surface area contributed by atoms with Gasteiger partial charge in [0.25, 0.3) is 0 Å². The van der Waals surface area contributed by atoms with Crippen LogP contribution < -0.4 is 11.3 Å². The van der Waals surface area contributed by atoms with Crippen LogP contribution in [0.3, 0.4) is 0 Å². The first-order chi connectivity index (χ1) is 13.5. The lowest BCUT2D eigenvalue weighted by Crippen LogP contribution is -2.30. The van der Waals surface area contributed by atoms with Crippen molar-refractivity contribution >= 4 is 18.3 Å². The van der Waals surface area contributed by atoms with Gasteiger partial charge in [0.2, 0.25) is 0 Å². The number of carbonyl (C=O) groups is 2. The third-order valence-electron chi connectivity index (χ3n) is 3.29. The molecule has 0 atom stereocenters. The molecule has 11 nitrogen and oxygen atoms in total. The Morgan fingerprint density at radius 3 is 2.57 bits per heavy atom. The number of nitro groups is 1. The summed E-state index contributed by atoms with van der Waals surface area (Å²) >= 11 is 0. The van der Waals surface area contributed by atoms with Crippen LogP contribution in [-0.2, 0) is 4.74 Å². The van der Waals surface area contributed by atoms with E-state index in [1.165, 1.54) is 16.8 Å². The maximum absolute atomic E-state index is 11.2. The number of aldehydes is 1. The van der Waals surface area contributed by atoms with Crippen molar-refractivity contribution in [3.8, 4) is 17.1 Å². The molecule has 0 saturated carbocycles. The van der Waals surface area contributed by atoms with E-state index in [4.69, 9.17) is 4.42 Å². The second-order valence-electron chi connectivity index (χ2n) is 5.09. The summed E-state index contributed by atoms with van der Waals surface area (Å²) in [6.07, 6.45) is 1.59. The summed E-state index contributed by atoms with van der Waals surface area (Å²) in [7, 11) is 0. The number of hydrogen-bond acceptors (Lipinski definition) is 8. The normalized spacial score (nSPS) is 9.79. The van der Waals surface area contributed by atoms with Gasteiger partial charge in [-0.25, -0.2) is 15.3 Å². The van der Waals surface area contributed by atoms with Gasteiger partial charge in [0.1, 0.15) is 10.6 Å². The minimum Gasteiger partial charge on any atom is -0.449 e. The van der Waals surface area contributed by atoms with Crippen LogP contribution in [0.4, 0.5) is 10.7 Å². The number of nitrogens with zero attached hydrogens (tertiary/aromatic N) is 3. The maximum atomic E-state index is 11.2. The first-order valence-electron chi connectivity index (χ1n) is 7.98. The molecule has 3 rings (SSSR count). The van der Waals surface area contributed by atoms with E-state index in [1.807, 2.05) is 30.3 Å². The number of amides is 1. The molecule has 28 heavy (non-hydrogen) atoms. The van der Waals surface area contributed by atoms with Gasteiger partial charge in [-0.05, 0) is 25.1 Å². The summed E-state index contributed by atoms with van der Waals surface area (Å²) in [5.74, 6) is 4.42. The van der Waals surface area contributed by atoms with Gasteiger partial charge in [-0.3, -0.25) is 20.3 Å². The third kappa shape index (κ3) is 5.02. The molecule has 0 bridgehead atoms. The number of aromatic nitrogens is 2. The van der Waals surface area contributed by atoms with Crippen LogP contribution >= 0.6 is 0 Å². The molecule has 2 heterocycles. The van der Waals surface area contributed by atoms with Crippen LogP contribution in [0.1, 0.15) is 17.3 Å². The monoisotopic (exact) mass is 387 g/mol. The molecule has 1 amide bonds. The lowest BCUT2D eigenvalue weighted by molar-refractivity contribution is -0.401. The average molecular weight is 387 g/mol. The Hall–Kier alpha value is -3.99. The fourth-order valence-corrected chi connectivity index (χ4v) is 2.10. The number of furan rings is 1. The summed E-state index contributed by atoms with van der Waals surface area (Å²) in [6, 6.07) is 11.9. The van der Waals surface area contributed by atoms with Crippen molar-refractivity contribution in [2.24, 2.45) is 5.84 Å². The second-order valence-corrected chi connectivity index (χ2v) is 5.09. The summed E-state index contributed by atoms with van der Waals surface area (Å²) < 4.78 is 10.9. The van der Waals surface area contributed by atoms with E-state index in [0.717, 1.165) is 5.69 Å². The van der Waals surface area contributed by atoms with Gasteiger partial charge in [-0.2, -0.15) is 5.10 Å². The SMILES string of the molecule is CCOC(=O)NN.O=Cc1cn(-c2ccccc2)nc1-c1ccc([N+](=O)[O-])o1. The Labute approximate surface area is 158 Å². The number of ether oxygens (including phenoxy) is 1. The van der Waals surface area contributed by atoms with Gasteiger partial charge < -0.3 is 9.15 Å². The van der Waals surface area contributed by atoms with Crippen LogP contribution in [0.15, 0.2) is 53.1 Å². The summed E-state index contributed by atoms with van der Waals surface area (Å²) in [4.78, 5) is 31.1. The van der Waals surface area contributed by atoms with E-state index in [0.29, 0.717) is 18.5 Å². The highest BCUT2D eigenvalue weighted by Crippen LogP contribution is 2.27. The van der Waals surface area contributed by atoms with Crippen LogP contribution in [0.2, 0.25) is 0 Å². The van der Waals surface area contributed by atoms with E-state index in [2.05, 4.69) is 15.7 Å². The summed E-state index contributed by atoms with van der Waals surface area (Å²) in [5, 5.41) is 14.9. The van der Waals surface area contributed by atoms with E-state index in [1.54, 1.807) is 18.5 Å². The zero-order valence-electron chi connectivity index (χ0n) is 14.8. The molecule has 0 fully saturated rings. The van der Waals surface area contributed by atoms with Gasteiger partial charge in [0.05, 0.1) is 23.9 Å². The fourth-order valence-electron chi connectivity index (χ4n) is 2.10. The smallest absolute Gasteiger partial charge is 0.433 e. The molecule has 11 heteroatoms. The van der Waals surface area contributed by atoms with Gasteiger partial charge in [-0.1, -0.05) is 18.2 Å². The Morgan fingerprint density at radius 2 is 2.07 bits per heavy atom. The van der Waals surface area contributed by atoms with Crippen molar-refractivity contribution in [1.82, 2.24) is 15.2 Å². The van der Waals surface area contributed by atoms with Crippen molar-refractivity contribution in [1.29, 1.82) is 0 Å². The predicted octanol–water partition coefficient (Wildman–Crippen LogP) is 2.46. The highest BCUT2D eigenvalue weighted by atomic mass is 16.6. The molecule has 2 aromatic heterocycles. The van der Waals surface area contributed by atoms with E-state index in [9.17, 15) is 19.7 Å². The first-order valence-corrected chi connectivity index (χ1v) is 7.98. The van der Waals surface area contributed by atoms with Crippen molar-refractivity contribution in [2.45, 2.75) is 6.92 Å². The molecule has 0 spiro atoms. The van der Waals surface area contributed by atoms with Crippen LogP contribution in [-0.4, -0.2) is 33.7 Å². The standard InChI is InChI=1S/C14H9N3O4.C3H8N2O2/c18-9-10-8-16(11-4-2-1-3-5-11)15-14(10)12-6-7-13(21-12)17(19)20;1-2-7-3(6)5-4/h1-9H;2,4H2,1H3,(H,5,6). The Kier molecular flexibility index (Phi) is 6.99. The fraction of sp³-hybridized carbons (Fsp3) is 0.118. The van der Waals surface area contributed by atoms with Crippen molar-refractivity contribution < 1.29 is 23.7 Å². The quantitative estimate of drug-likeness (QED) is 0.222. The summed E-state index contributed by atoms with van der Waals surface area (Å²) in [5.41, 5.74) is 3.14. The van der Waals surface area contributed by atoms with Crippen molar-refractivity contribution in [2.75, 3.05) is 6.61 Å². The van der Waals surface area contributed by atoms with Crippen LogP contribution in [0.25, 0.3) is 17.1 Å². The zero-order valence-corrected chi connectivity index (χ0v) is 14.8. The molecule has 0 saturated heterocycles. The highest BCUT2D eigenvalue weighted by Gasteiger charge is 2.19. The second kappa shape index (κ2) is 9.64. The largest absolute Gasteiger partial charge is 0.449 e. The molecule has 146 valence electrons. The lowest BCUT2D eigenvalue weighted by Gasteiger charge is -1.98. The molecule has 1 aromatic carbocycles. The number of para-hydroxylation sites is 1. The maximum Gasteiger partial charge on any atom is 0.433 e.